The Bertz CT molecular complexity index is 1160. The van der Waals surface area contributed by atoms with E-state index in [2.05, 4.69) is 32.8 Å². The minimum atomic E-state index is -0.940. The minimum absolute atomic E-state index is 0.0492. The molecule has 2 N–H and O–H groups in total. The van der Waals surface area contributed by atoms with Crippen molar-refractivity contribution in [2.45, 2.75) is 32.4 Å². The summed E-state index contributed by atoms with van der Waals surface area (Å²) in [7, 11) is 1.70. The van der Waals surface area contributed by atoms with Crippen molar-refractivity contribution < 1.29 is 14.6 Å². The lowest BCUT2D eigenvalue weighted by Gasteiger charge is -2.28. The van der Waals surface area contributed by atoms with Gasteiger partial charge in [0.05, 0.1) is 23.3 Å². The summed E-state index contributed by atoms with van der Waals surface area (Å²) >= 11 is 5.74. The molecular weight excluding hydrogens is 436 g/mol. The molecule has 3 heterocycles. The fraction of sp³-hybridized carbons (Fsp3) is 0.320. The number of hydrogen-bond acceptors (Lipinski definition) is 4. The number of aromatic nitrogens is 2. The van der Waals surface area contributed by atoms with Gasteiger partial charge in [0.15, 0.2) is 5.11 Å². The zero-order valence-electron chi connectivity index (χ0n) is 19.0. The molecule has 33 heavy (non-hydrogen) atoms. The summed E-state index contributed by atoms with van der Waals surface area (Å²) < 4.78 is 7.37. The van der Waals surface area contributed by atoms with Gasteiger partial charge in [-0.2, -0.15) is 0 Å². The summed E-state index contributed by atoms with van der Waals surface area (Å²) in [5.74, 6) is -0.940. The maximum Gasteiger partial charge on any atom is 0.335 e. The second-order valence-corrected chi connectivity index (χ2v) is 8.57. The number of nitrogens with one attached hydrogen (secondary N) is 1. The number of carboxylic acids is 1. The van der Waals surface area contributed by atoms with E-state index in [9.17, 15) is 9.90 Å². The van der Waals surface area contributed by atoms with Crippen LogP contribution in [0.5, 0.6) is 0 Å². The van der Waals surface area contributed by atoms with Gasteiger partial charge in [0.25, 0.3) is 0 Å². The van der Waals surface area contributed by atoms with E-state index in [-0.39, 0.29) is 17.6 Å². The van der Waals surface area contributed by atoms with Gasteiger partial charge in [-0.15, -0.1) is 0 Å². The SMILES string of the molecule is COCCCN1C(=S)N[C@H](c2ccccn2)[C@@H]1c1cc(C)n(-c2cccc(C(=O)O)c2)c1C. The molecule has 0 bridgehead atoms. The van der Waals surface area contributed by atoms with Crippen LogP contribution in [0, 0.1) is 13.8 Å². The van der Waals surface area contributed by atoms with Crippen molar-refractivity contribution in [1.29, 1.82) is 0 Å². The smallest absolute Gasteiger partial charge is 0.335 e. The van der Waals surface area contributed by atoms with E-state index in [1.54, 1.807) is 31.5 Å². The van der Waals surface area contributed by atoms with E-state index in [4.69, 9.17) is 17.0 Å². The van der Waals surface area contributed by atoms with Gasteiger partial charge in [-0.25, -0.2) is 4.79 Å². The fourth-order valence-corrected chi connectivity index (χ4v) is 4.96. The van der Waals surface area contributed by atoms with Crippen molar-refractivity contribution in [1.82, 2.24) is 19.8 Å². The number of carboxylic acid groups (broad SMARTS) is 1. The number of methoxy groups -OCH3 is 1. The van der Waals surface area contributed by atoms with Crippen LogP contribution >= 0.6 is 12.2 Å². The first kappa shape index (κ1) is 22.9. The zero-order chi connectivity index (χ0) is 23.5. The lowest BCUT2D eigenvalue weighted by atomic mass is 9.96. The molecule has 0 aliphatic carbocycles. The lowest BCUT2D eigenvalue weighted by molar-refractivity contribution is 0.0697. The van der Waals surface area contributed by atoms with Crippen LogP contribution in [0.2, 0.25) is 0 Å². The highest BCUT2D eigenvalue weighted by Gasteiger charge is 2.41. The number of thiocarbonyl (C=S) groups is 1. The van der Waals surface area contributed by atoms with Crippen LogP contribution in [0.25, 0.3) is 5.69 Å². The Morgan fingerprint density at radius 3 is 2.73 bits per heavy atom. The molecule has 1 saturated heterocycles. The van der Waals surface area contributed by atoms with Gasteiger partial charge >= 0.3 is 5.97 Å². The highest BCUT2D eigenvalue weighted by atomic mass is 32.1. The molecule has 1 aliphatic heterocycles. The number of aromatic carboxylic acids is 1. The van der Waals surface area contributed by atoms with Crippen molar-refractivity contribution in [3.63, 3.8) is 0 Å². The average Bonchev–Trinajstić information content (AvgIpc) is 3.29. The van der Waals surface area contributed by atoms with Gasteiger partial charge in [-0.05, 0) is 74.4 Å². The van der Waals surface area contributed by atoms with Crippen molar-refractivity contribution >= 4 is 23.3 Å². The summed E-state index contributed by atoms with van der Waals surface area (Å²) in [4.78, 5) is 18.3. The van der Waals surface area contributed by atoms with Crippen LogP contribution in [-0.4, -0.2) is 50.9 Å². The summed E-state index contributed by atoms with van der Waals surface area (Å²) in [6.07, 6.45) is 2.65. The molecule has 0 amide bonds. The van der Waals surface area contributed by atoms with Crippen molar-refractivity contribution in [3.05, 3.63) is 82.9 Å². The predicted molar refractivity (Wildman–Crippen MR) is 131 cm³/mol. The third-order valence-electron chi connectivity index (χ3n) is 6.09. The fourth-order valence-electron chi connectivity index (χ4n) is 4.63. The van der Waals surface area contributed by atoms with E-state index in [1.165, 1.54) is 0 Å². The van der Waals surface area contributed by atoms with Gasteiger partial charge < -0.3 is 24.6 Å². The van der Waals surface area contributed by atoms with E-state index in [1.807, 2.05) is 31.2 Å². The molecule has 0 unspecified atom stereocenters. The molecule has 0 spiro atoms. The summed E-state index contributed by atoms with van der Waals surface area (Å²) in [5, 5.41) is 13.6. The maximum atomic E-state index is 11.5. The average molecular weight is 465 g/mol. The number of carbonyl (C=O) groups is 1. The van der Waals surface area contributed by atoms with Crippen LogP contribution in [0.4, 0.5) is 0 Å². The Morgan fingerprint density at radius 2 is 2.03 bits per heavy atom. The van der Waals surface area contributed by atoms with Crippen LogP contribution < -0.4 is 5.32 Å². The summed E-state index contributed by atoms with van der Waals surface area (Å²) in [5.41, 5.74) is 5.22. The standard InChI is InChI=1S/C25H28N4O3S/c1-16-14-20(17(2)29(16)19-9-6-8-18(15-19)24(30)31)23-22(21-10-4-5-11-26-21)27-25(33)28(23)12-7-13-32-3/h4-6,8-11,14-15,22-23H,7,12-13H2,1-3H3,(H,27,33)(H,30,31)/t22-,23+/m1/s1. The number of benzene rings is 1. The van der Waals surface area contributed by atoms with Crippen molar-refractivity contribution in [3.8, 4) is 5.69 Å². The zero-order valence-corrected chi connectivity index (χ0v) is 19.8. The Hall–Kier alpha value is -3.23. The topological polar surface area (TPSA) is 79.6 Å². The maximum absolute atomic E-state index is 11.5. The van der Waals surface area contributed by atoms with Gasteiger partial charge in [-0.3, -0.25) is 4.98 Å². The second-order valence-electron chi connectivity index (χ2n) is 8.18. The van der Waals surface area contributed by atoms with Crippen molar-refractivity contribution in [2.75, 3.05) is 20.3 Å². The summed E-state index contributed by atoms with van der Waals surface area (Å²) in [6.45, 7) is 5.52. The van der Waals surface area contributed by atoms with E-state index < -0.39 is 5.97 Å². The molecule has 1 fully saturated rings. The molecule has 7 nitrogen and oxygen atoms in total. The minimum Gasteiger partial charge on any atom is -0.478 e. The Labute approximate surface area is 199 Å². The van der Waals surface area contributed by atoms with E-state index >= 15 is 0 Å². The number of nitrogens with zero attached hydrogens (tertiary/aromatic N) is 3. The molecule has 3 aromatic rings. The predicted octanol–water partition coefficient (Wildman–Crippen LogP) is 4.20. The molecule has 2 aromatic heterocycles. The number of rotatable bonds is 8. The molecule has 4 rings (SSSR count). The molecule has 172 valence electrons. The first-order valence-corrected chi connectivity index (χ1v) is 11.3. The normalized spacial score (nSPS) is 17.9. The largest absolute Gasteiger partial charge is 0.478 e. The molecule has 2 atom stereocenters. The number of ether oxygens (including phenoxy) is 1. The third kappa shape index (κ3) is 4.49. The van der Waals surface area contributed by atoms with Crippen molar-refractivity contribution in [2.24, 2.45) is 0 Å². The van der Waals surface area contributed by atoms with Gasteiger partial charge in [0.2, 0.25) is 0 Å². The highest BCUT2D eigenvalue weighted by Crippen LogP contribution is 2.41. The Morgan fingerprint density at radius 1 is 1.21 bits per heavy atom. The lowest BCUT2D eigenvalue weighted by Crippen LogP contribution is -2.31. The molecule has 1 aliphatic rings. The second kappa shape index (κ2) is 9.72. The molecular formula is C25H28N4O3S. The number of aryl methyl sites for hydroxylation is 1. The third-order valence-corrected chi connectivity index (χ3v) is 6.44. The first-order chi connectivity index (χ1) is 15.9. The summed E-state index contributed by atoms with van der Waals surface area (Å²) in [6, 6.07) is 14.9. The quantitative estimate of drug-likeness (QED) is 0.382. The van der Waals surface area contributed by atoms with Gasteiger partial charge in [0, 0.05) is 43.5 Å². The monoisotopic (exact) mass is 464 g/mol. The van der Waals surface area contributed by atoms with Gasteiger partial charge in [-0.1, -0.05) is 12.1 Å². The molecule has 0 radical (unpaired) electrons. The van der Waals surface area contributed by atoms with Crippen LogP contribution in [0.3, 0.4) is 0 Å². The van der Waals surface area contributed by atoms with E-state index in [0.717, 1.165) is 41.3 Å². The molecule has 0 saturated carbocycles. The first-order valence-electron chi connectivity index (χ1n) is 10.9. The number of pyridine rings is 1. The van der Waals surface area contributed by atoms with E-state index in [0.29, 0.717) is 11.7 Å². The Balaban J connectivity index is 1.79. The molecule has 8 heteroatoms. The molecule has 1 aromatic carbocycles. The van der Waals surface area contributed by atoms with Crippen LogP contribution in [0.15, 0.2) is 54.7 Å². The van der Waals surface area contributed by atoms with Crippen LogP contribution in [0.1, 0.15) is 51.5 Å². The highest BCUT2D eigenvalue weighted by molar-refractivity contribution is 7.80. The van der Waals surface area contributed by atoms with Gasteiger partial charge in [0.1, 0.15) is 0 Å². The Kier molecular flexibility index (Phi) is 6.76. The number of hydrogen-bond donors (Lipinski definition) is 2. The van der Waals surface area contributed by atoms with Crippen LogP contribution in [-0.2, 0) is 4.74 Å².